The van der Waals surface area contributed by atoms with Gasteiger partial charge in [-0.2, -0.15) is 0 Å². The number of ether oxygens (including phenoxy) is 1. The molecule has 0 spiro atoms. The third-order valence-corrected chi connectivity index (χ3v) is 2.63. The number of carbonyl (C=O) groups excluding carboxylic acids is 1. The Balaban J connectivity index is 3.05. The largest absolute Gasteiger partial charge is 0.459 e. The van der Waals surface area contributed by atoms with Gasteiger partial charge in [0.15, 0.2) is 0 Å². The topological polar surface area (TPSA) is 29.5 Å². The maximum atomic E-state index is 12.3. The van der Waals surface area contributed by atoms with E-state index in [0.29, 0.717) is 0 Å². The highest BCUT2D eigenvalue weighted by Gasteiger charge is 2.29. The van der Waals surface area contributed by atoms with Crippen LogP contribution in [0.15, 0.2) is 24.3 Å². The van der Waals surface area contributed by atoms with E-state index in [1.807, 2.05) is 71.0 Å². The number of nitrogens with zero attached hydrogens (tertiary/aromatic N) is 1. The van der Waals surface area contributed by atoms with E-state index in [1.54, 1.807) is 0 Å². The Morgan fingerprint density at radius 1 is 1.22 bits per heavy atom. The minimum atomic E-state index is -0.464. The molecule has 3 nitrogen and oxygen atoms in total. The smallest absolute Gasteiger partial charge is 0.328 e. The van der Waals surface area contributed by atoms with E-state index in [0.717, 1.165) is 11.1 Å². The molecule has 1 atom stereocenters. The van der Waals surface area contributed by atoms with Gasteiger partial charge in [0.25, 0.3) is 0 Å². The zero-order chi connectivity index (χ0) is 13.9. The Morgan fingerprint density at radius 3 is 2.22 bits per heavy atom. The van der Waals surface area contributed by atoms with Gasteiger partial charge in [-0.25, -0.2) is 4.79 Å². The van der Waals surface area contributed by atoms with Crippen LogP contribution in [0.2, 0.25) is 0 Å². The molecule has 0 saturated heterocycles. The molecule has 0 aliphatic heterocycles. The van der Waals surface area contributed by atoms with Gasteiger partial charge in [-0.15, -0.1) is 0 Å². The van der Waals surface area contributed by atoms with Gasteiger partial charge in [0.2, 0.25) is 0 Å². The number of hydrogen-bond acceptors (Lipinski definition) is 3. The second-order valence-corrected chi connectivity index (χ2v) is 5.76. The summed E-state index contributed by atoms with van der Waals surface area (Å²) in [4.78, 5) is 14.2. The van der Waals surface area contributed by atoms with E-state index in [2.05, 4.69) is 0 Å². The van der Waals surface area contributed by atoms with Crippen molar-refractivity contribution in [3.8, 4) is 0 Å². The van der Waals surface area contributed by atoms with E-state index < -0.39 is 5.60 Å². The molecule has 0 saturated carbocycles. The van der Waals surface area contributed by atoms with Gasteiger partial charge in [-0.3, -0.25) is 4.90 Å². The molecular weight excluding hydrogens is 226 g/mol. The fraction of sp³-hybridized carbons (Fsp3) is 0.533. The quantitative estimate of drug-likeness (QED) is 0.771. The summed E-state index contributed by atoms with van der Waals surface area (Å²) in [5, 5.41) is 0. The van der Waals surface area contributed by atoms with Crippen molar-refractivity contribution in [3.63, 3.8) is 0 Å². The molecule has 0 heterocycles. The minimum absolute atomic E-state index is 0.207. The van der Waals surface area contributed by atoms with Crippen LogP contribution in [0.25, 0.3) is 0 Å². The van der Waals surface area contributed by atoms with Gasteiger partial charge in [0, 0.05) is 0 Å². The summed E-state index contributed by atoms with van der Waals surface area (Å²) in [6.45, 7) is 7.66. The zero-order valence-electron chi connectivity index (χ0n) is 12.2. The second kappa shape index (κ2) is 5.53. The van der Waals surface area contributed by atoms with Crippen LogP contribution in [0.4, 0.5) is 0 Å². The fourth-order valence-corrected chi connectivity index (χ4v) is 1.87. The molecule has 0 aliphatic rings. The number of hydrogen-bond donors (Lipinski definition) is 0. The molecule has 0 aromatic heterocycles. The van der Waals surface area contributed by atoms with E-state index in [9.17, 15) is 4.79 Å². The lowest BCUT2D eigenvalue weighted by Gasteiger charge is -2.28. The highest BCUT2D eigenvalue weighted by Crippen LogP contribution is 2.25. The summed E-state index contributed by atoms with van der Waals surface area (Å²) in [6, 6.07) is 7.55. The van der Waals surface area contributed by atoms with Crippen molar-refractivity contribution in [2.24, 2.45) is 0 Å². The number of rotatable bonds is 3. The Bertz CT molecular complexity index is 419. The highest BCUT2D eigenvalue weighted by atomic mass is 16.6. The summed E-state index contributed by atoms with van der Waals surface area (Å²) >= 11 is 0. The lowest BCUT2D eigenvalue weighted by Crippen LogP contribution is -2.34. The maximum absolute atomic E-state index is 12.3. The SMILES string of the molecule is Cc1ccccc1C(C(=O)OC(C)(C)C)N(C)C. The van der Waals surface area contributed by atoms with Crippen molar-refractivity contribution in [3.05, 3.63) is 35.4 Å². The number of aryl methyl sites for hydroxylation is 1. The van der Waals surface area contributed by atoms with Crippen LogP contribution >= 0.6 is 0 Å². The lowest BCUT2D eigenvalue weighted by atomic mass is 10.0. The maximum Gasteiger partial charge on any atom is 0.328 e. The molecule has 1 rings (SSSR count). The third-order valence-electron chi connectivity index (χ3n) is 2.63. The van der Waals surface area contributed by atoms with Crippen molar-refractivity contribution in [2.75, 3.05) is 14.1 Å². The second-order valence-electron chi connectivity index (χ2n) is 5.76. The summed E-state index contributed by atoms with van der Waals surface area (Å²) in [6.07, 6.45) is 0. The van der Waals surface area contributed by atoms with E-state index in [-0.39, 0.29) is 12.0 Å². The summed E-state index contributed by atoms with van der Waals surface area (Å²) in [5.74, 6) is -0.207. The first-order valence-corrected chi connectivity index (χ1v) is 6.17. The average molecular weight is 249 g/mol. The van der Waals surface area contributed by atoms with E-state index >= 15 is 0 Å². The van der Waals surface area contributed by atoms with E-state index in [1.165, 1.54) is 0 Å². The lowest BCUT2D eigenvalue weighted by molar-refractivity contribution is -0.160. The van der Waals surface area contributed by atoms with Crippen molar-refractivity contribution >= 4 is 5.97 Å². The first kappa shape index (κ1) is 14.7. The Kier molecular flexibility index (Phi) is 4.52. The minimum Gasteiger partial charge on any atom is -0.459 e. The molecule has 0 fully saturated rings. The normalized spacial score (nSPS) is 13.5. The van der Waals surface area contributed by atoms with Crippen molar-refractivity contribution in [2.45, 2.75) is 39.3 Å². The van der Waals surface area contributed by atoms with Gasteiger partial charge in [-0.05, 0) is 52.9 Å². The molecule has 100 valence electrons. The molecule has 3 heteroatoms. The van der Waals surface area contributed by atoms with Crippen LogP contribution in [0, 0.1) is 6.92 Å². The van der Waals surface area contributed by atoms with E-state index in [4.69, 9.17) is 4.74 Å². The van der Waals surface area contributed by atoms with Crippen LogP contribution in [0.5, 0.6) is 0 Å². The van der Waals surface area contributed by atoms with Crippen molar-refractivity contribution < 1.29 is 9.53 Å². The Morgan fingerprint density at radius 2 is 1.78 bits per heavy atom. The predicted octanol–water partition coefficient (Wildman–Crippen LogP) is 2.94. The molecule has 1 unspecified atom stereocenters. The molecule has 18 heavy (non-hydrogen) atoms. The van der Waals surface area contributed by atoms with Crippen LogP contribution in [-0.2, 0) is 9.53 Å². The molecule has 0 radical (unpaired) electrons. The Labute approximate surface area is 110 Å². The van der Waals surface area contributed by atoms with Crippen LogP contribution in [-0.4, -0.2) is 30.6 Å². The molecule has 1 aromatic carbocycles. The van der Waals surface area contributed by atoms with Crippen molar-refractivity contribution in [1.29, 1.82) is 0 Å². The number of likely N-dealkylation sites (N-methyl/N-ethyl adjacent to an activating group) is 1. The molecule has 0 amide bonds. The van der Waals surface area contributed by atoms with Gasteiger partial charge < -0.3 is 4.74 Å². The monoisotopic (exact) mass is 249 g/mol. The highest BCUT2D eigenvalue weighted by molar-refractivity contribution is 5.78. The number of benzene rings is 1. The van der Waals surface area contributed by atoms with Gasteiger partial charge in [0.05, 0.1) is 0 Å². The fourth-order valence-electron chi connectivity index (χ4n) is 1.87. The van der Waals surface area contributed by atoms with Gasteiger partial charge in [-0.1, -0.05) is 24.3 Å². The van der Waals surface area contributed by atoms with Crippen LogP contribution < -0.4 is 0 Å². The summed E-state index contributed by atoms with van der Waals surface area (Å²) < 4.78 is 5.49. The summed E-state index contributed by atoms with van der Waals surface area (Å²) in [7, 11) is 3.78. The molecule has 0 bridgehead atoms. The third kappa shape index (κ3) is 3.84. The van der Waals surface area contributed by atoms with Gasteiger partial charge in [0.1, 0.15) is 11.6 Å². The molecule has 0 aliphatic carbocycles. The molecule has 1 aromatic rings. The van der Waals surface area contributed by atoms with Crippen LogP contribution in [0.1, 0.15) is 37.9 Å². The number of esters is 1. The predicted molar refractivity (Wildman–Crippen MR) is 73.5 cm³/mol. The standard InChI is InChI=1S/C15H23NO2/c1-11-9-7-8-10-12(11)13(16(5)6)14(17)18-15(2,3)4/h7-10,13H,1-6H3. The molecular formula is C15H23NO2. The Hall–Kier alpha value is -1.35. The number of carbonyl (C=O) groups is 1. The first-order chi connectivity index (χ1) is 8.22. The summed E-state index contributed by atoms with van der Waals surface area (Å²) in [5.41, 5.74) is 1.63. The average Bonchev–Trinajstić information content (AvgIpc) is 2.17. The first-order valence-electron chi connectivity index (χ1n) is 6.17. The van der Waals surface area contributed by atoms with Gasteiger partial charge >= 0.3 is 5.97 Å². The van der Waals surface area contributed by atoms with Crippen LogP contribution in [0.3, 0.4) is 0 Å². The zero-order valence-corrected chi connectivity index (χ0v) is 12.2. The molecule has 0 N–H and O–H groups in total. The van der Waals surface area contributed by atoms with Crippen molar-refractivity contribution in [1.82, 2.24) is 4.90 Å².